The average Bonchev–Trinajstić information content (AvgIpc) is 3.27. The number of nitrogens with zero attached hydrogens (tertiary/aromatic N) is 1. The van der Waals surface area contributed by atoms with Crippen LogP contribution in [-0.2, 0) is 32.7 Å². The van der Waals surface area contributed by atoms with Gasteiger partial charge in [0.15, 0.2) is 11.5 Å². The summed E-state index contributed by atoms with van der Waals surface area (Å²) in [5.41, 5.74) is 3.70. The molecule has 1 aromatic heterocycles. The molecule has 1 saturated carbocycles. The first-order valence-corrected chi connectivity index (χ1v) is 13.9. The van der Waals surface area contributed by atoms with Crippen LogP contribution in [0.5, 0.6) is 11.5 Å². The van der Waals surface area contributed by atoms with E-state index in [4.69, 9.17) is 18.9 Å². The Morgan fingerprint density at radius 1 is 1.13 bits per heavy atom. The van der Waals surface area contributed by atoms with Crippen molar-refractivity contribution in [1.29, 1.82) is 0 Å². The molecule has 7 nitrogen and oxygen atoms in total. The zero-order chi connectivity index (χ0) is 26.3. The van der Waals surface area contributed by atoms with Crippen LogP contribution in [0.15, 0.2) is 42.5 Å². The molecule has 0 amide bonds. The lowest BCUT2D eigenvalue weighted by atomic mass is 9.56. The quantitative estimate of drug-likeness (QED) is 0.322. The topological polar surface area (TPSA) is 73.0 Å². The second kappa shape index (κ2) is 10.3. The second-order valence-corrected chi connectivity index (χ2v) is 11.0. The molecule has 2 aromatic carbocycles. The number of H-pyrrole nitrogens is 1. The number of aromatic amines is 1. The molecule has 5 atom stereocenters. The molecule has 4 heterocycles. The van der Waals surface area contributed by atoms with Crippen molar-refractivity contribution < 1.29 is 23.7 Å². The SMILES string of the molecule is CCOC(=O)C12C[C@H]3CC(CCOCc4ccccc4)C1N(CCc1c2[nH]c2cc(OC)c(OC)cc12)C3. The van der Waals surface area contributed by atoms with E-state index in [1.807, 2.05) is 31.2 Å². The van der Waals surface area contributed by atoms with E-state index >= 15 is 0 Å². The Bertz CT molecular complexity index is 1300. The molecule has 3 aromatic rings. The number of hydrogen-bond donors (Lipinski definition) is 1. The van der Waals surface area contributed by atoms with E-state index in [0.29, 0.717) is 43.2 Å². The van der Waals surface area contributed by atoms with E-state index in [9.17, 15) is 4.79 Å². The van der Waals surface area contributed by atoms with Gasteiger partial charge < -0.3 is 23.9 Å². The minimum absolute atomic E-state index is 0.0879. The Kier molecular flexibility index (Phi) is 6.82. The number of carbonyl (C=O) groups is 1. The summed E-state index contributed by atoms with van der Waals surface area (Å²) in [5.74, 6) is 2.11. The smallest absolute Gasteiger partial charge is 0.319 e. The highest BCUT2D eigenvalue weighted by atomic mass is 16.5. The molecule has 4 bridgehead atoms. The molecular formula is C31H38N2O5. The summed E-state index contributed by atoms with van der Waals surface area (Å²) in [5, 5.41) is 1.11. The second-order valence-electron chi connectivity index (χ2n) is 11.0. The third kappa shape index (κ3) is 4.07. The number of esters is 1. The van der Waals surface area contributed by atoms with Crippen LogP contribution in [0.1, 0.15) is 43.0 Å². The van der Waals surface area contributed by atoms with E-state index in [0.717, 1.165) is 55.4 Å². The van der Waals surface area contributed by atoms with E-state index < -0.39 is 5.41 Å². The van der Waals surface area contributed by atoms with E-state index in [2.05, 4.69) is 28.1 Å². The molecule has 4 aliphatic rings. The maximum atomic E-state index is 14.1. The Hall–Kier alpha value is -3.03. The first kappa shape index (κ1) is 25.3. The zero-order valence-corrected chi connectivity index (χ0v) is 22.6. The molecular weight excluding hydrogens is 480 g/mol. The van der Waals surface area contributed by atoms with Crippen LogP contribution in [0.2, 0.25) is 0 Å². The largest absolute Gasteiger partial charge is 0.493 e. The Balaban J connectivity index is 1.37. The molecule has 0 spiro atoms. The molecule has 7 heteroatoms. The van der Waals surface area contributed by atoms with Gasteiger partial charge in [-0.25, -0.2) is 0 Å². The molecule has 3 fully saturated rings. The molecule has 1 aliphatic carbocycles. The molecule has 4 unspecified atom stereocenters. The van der Waals surface area contributed by atoms with Crippen molar-refractivity contribution in [2.24, 2.45) is 11.8 Å². The van der Waals surface area contributed by atoms with Crippen molar-refractivity contribution in [3.63, 3.8) is 0 Å². The van der Waals surface area contributed by atoms with Crippen molar-refractivity contribution >= 4 is 16.9 Å². The van der Waals surface area contributed by atoms with Crippen LogP contribution in [0.3, 0.4) is 0 Å². The van der Waals surface area contributed by atoms with Crippen molar-refractivity contribution in [2.45, 2.75) is 50.7 Å². The number of methoxy groups -OCH3 is 2. The van der Waals surface area contributed by atoms with Gasteiger partial charge in [0, 0.05) is 48.4 Å². The predicted octanol–water partition coefficient (Wildman–Crippen LogP) is 4.86. The highest BCUT2D eigenvalue weighted by Crippen LogP contribution is 2.55. The highest BCUT2D eigenvalue weighted by molar-refractivity contribution is 5.93. The predicted molar refractivity (Wildman–Crippen MR) is 146 cm³/mol. The zero-order valence-electron chi connectivity index (χ0n) is 22.6. The number of hydrogen-bond acceptors (Lipinski definition) is 6. The Morgan fingerprint density at radius 2 is 1.92 bits per heavy atom. The number of rotatable bonds is 9. The lowest BCUT2D eigenvalue weighted by molar-refractivity contribution is -0.165. The fourth-order valence-electron chi connectivity index (χ4n) is 7.61. The van der Waals surface area contributed by atoms with Gasteiger partial charge in [-0.05, 0) is 61.6 Å². The van der Waals surface area contributed by atoms with Gasteiger partial charge in [0.25, 0.3) is 0 Å². The van der Waals surface area contributed by atoms with Gasteiger partial charge in [0.05, 0.1) is 27.4 Å². The summed E-state index contributed by atoms with van der Waals surface area (Å²) in [6, 6.07) is 14.4. The molecule has 0 radical (unpaired) electrons. The third-order valence-corrected chi connectivity index (χ3v) is 8.97. The maximum Gasteiger partial charge on any atom is 0.319 e. The minimum atomic E-state index is -0.716. The average molecular weight is 519 g/mol. The fourth-order valence-corrected chi connectivity index (χ4v) is 7.61. The summed E-state index contributed by atoms with van der Waals surface area (Å²) in [4.78, 5) is 20.4. The third-order valence-electron chi connectivity index (χ3n) is 8.97. The number of benzene rings is 2. The van der Waals surface area contributed by atoms with E-state index in [-0.39, 0.29) is 12.0 Å². The number of fused-ring (bicyclic) bond motifs is 4. The number of carbonyl (C=O) groups excluding carboxylic acids is 1. The van der Waals surface area contributed by atoms with Crippen LogP contribution in [0, 0.1) is 11.8 Å². The summed E-state index contributed by atoms with van der Waals surface area (Å²) in [6.45, 7) is 5.55. The van der Waals surface area contributed by atoms with Crippen LogP contribution in [-0.4, -0.2) is 62.4 Å². The fraction of sp³-hybridized carbons (Fsp3) is 0.516. The lowest BCUT2D eigenvalue weighted by Crippen LogP contribution is -2.67. The van der Waals surface area contributed by atoms with E-state index in [1.54, 1.807) is 14.2 Å². The van der Waals surface area contributed by atoms with Crippen molar-refractivity contribution in [3.8, 4) is 11.5 Å². The number of nitrogens with one attached hydrogen (secondary N) is 1. The van der Waals surface area contributed by atoms with Crippen LogP contribution in [0.25, 0.3) is 10.9 Å². The lowest BCUT2D eigenvalue weighted by Gasteiger charge is -2.58. The van der Waals surface area contributed by atoms with Crippen LogP contribution >= 0.6 is 0 Å². The molecule has 202 valence electrons. The summed E-state index contributed by atoms with van der Waals surface area (Å²) in [6.07, 6.45) is 3.77. The van der Waals surface area contributed by atoms with Crippen LogP contribution < -0.4 is 9.47 Å². The van der Waals surface area contributed by atoms with E-state index in [1.165, 1.54) is 11.1 Å². The van der Waals surface area contributed by atoms with Crippen LogP contribution in [0.4, 0.5) is 0 Å². The summed E-state index contributed by atoms with van der Waals surface area (Å²) >= 11 is 0. The molecule has 38 heavy (non-hydrogen) atoms. The van der Waals surface area contributed by atoms with Gasteiger partial charge in [-0.15, -0.1) is 0 Å². The Labute approximate surface area is 224 Å². The van der Waals surface area contributed by atoms with Gasteiger partial charge in [-0.2, -0.15) is 0 Å². The van der Waals surface area contributed by atoms with Crippen molar-refractivity contribution in [1.82, 2.24) is 9.88 Å². The van der Waals surface area contributed by atoms with Crippen molar-refractivity contribution in [3.05, 3.63) is 59.3 Å². The Morgan fingerprint density at radius 3 is 2.68 bits per heavy atom. The van der Waals surface area contributed by atoms with Gasteiger partial charge in [0.2, 0.25) is 0 Å². The number of ether oxygens (including phenoxy) is 4. The standard InChI is InChI=1S/C31H38N2O5/c1-4-38-30(34)31-17-21-14-22(11-13-37-19-20-8-6-5-7-9-20)29(31)33(18-21)12-10-23-24-15-26(35-2)27(36-3)16-25(24)32-28(23)31/h5-9,15-16,21-22,29,32H,4,10-14,17-19H2,1-3H3/t21-,22?,29?,31?/m1/s1. The minimum Gasteiger partial charge on any atom is -0.493 e. The maximum absolute atomic E-state index is 14.1. The molecule has 2 saturated heterocycles. The van der Waals surface area contributed by atoms with Gasteiger partial charge in [-0.3, -0.25) is 9.69 Å². The van der Waals surface area contributed by atoms with Gasteiger partial charge in [0.1, 0.15) is 5.41 Å². The molecule has 7 rings (SSSR count). The normalized spacial score (nSPS) is 27.6. The number of aromatic nitrogens is 1. The monoisotopic (exact) mass is 518 g/mol. The first-order chi connectivity index (χ1) is 18.6. The summed E-state index contributed by atoms with van der Waals surface area (Å²) < 4.78 is 23.2. The highest BCUT2D eigenvalue weighted by Gasteiger charge is 2.63. The van der Waals surface area contributed by atoms with Crippen molar-refractivity contribution in [2.75, 3.05) is 40.5 Å². The summed E-state index contributed by atoms with van der Waals surface area (Å²) in [7, 11) is 3.32. The molecule has 1 N–H and O–H groups in total. The number of piperidine rings is 2. The van der Waals surface area contributed by atoms with Gasteiger partial charge >= 0.3 is 5.97 Å². The van der Waals surface area contributed by atoms with Gasteiger partial charge in [-0.1, -0.05) is 30.3 Å². The molecule has 3 aliphatic heterocycles. The first-order valence-electron chi connectivity index (χ1n) is 13.9.